The second kappa shape index (κ2) is 6.80. The van der Waals surface area contributed by atoms with Crippen molar-refractivity contribution >= 4 is 40.0 Å². The predicted octanol–water partition coefficient (Wildman–Crippen LogP) is 5.35. The van der Waals surface area contributed by atoms with Gasteiger partial charge in [-0.25, -0.2) is 4.98 Å². The third-order valence-electron chi connectivity index (χ3n) is 3.60. The van der Waals surface area contributed by atoms with Crippen molar-refractivity contribution in [3.63, 3.8) is 0 Å². The summed E-state index contributed by atoms with van der Waals surface area (Å²) in [5.41, 5.74) is 2.85. The molecule has 0 saturated carbocycles. The third-order valence-corrected chi connectivity index (χ3v) is 4.33. The molecule has 3 aromatic rings. The topological polar surface area (TPSA) is 42.0 Å². The van der Waals surface area contributed by atoms with E-state index >= 15 is 0 Å². The summed E-state index contributed by atoms with van der Waals surface area (Å²) in [6, 6.07) is 14.8. The van der Waals surface area contributed by atoms with Gasteiger partial charge in [-0.2, -0.15) is 0 Å². The molecular formula is C19H16Cl2N2O. The molecule has 1 N–H and O–H groups in total. The molecule has 0 bridgehead atoms. The van der Waals surface area contributed by atoms with Crippen molar-refractivity contribution in [2.75, 3.05) is 0 Å². The van der Waals surface area contributed by atoms with E-state index in [9.17, 15) is 4.79 Å². The lowest BCUT2D eigenvalue weighted by molar-refractivity contribution is 0.0945. The molecule has 1 aromatic heterocycles. The Morgan fingerprint density at radius 2 is 1.79 bits per heavy atom. The number of nitrogens with one attached hydrogen (secondary N) is 1. The molecule has 0 aliphatic rings. The maximum Gasteiger partial charge on any atom is 0.252 e. The Balaban J connectivity index is 2.19. The van der Waals surface area contributed by atoms with E-state index in [4.69, 9.17) is 23.2 Å². The van der Waals surface area contributed by atoms with Crippen LogP contribution in [0, 0.1) is 0 Å². The van der Waals surface area contributed by atoms with Crippen LogP contribution >= 0.6 is 23.2 Å². The number of carbonyl (C=O) groups is 1. The lowest BCUT2D eigenvalue weighted by atomic mass is 10.0. The van der Waals surface area contributed by atoms with E-state index in [0.717, 1.165) is 16.5 Å². The molecule has 0 unspecified atom stereocenters. The number of aromatic nitrogens is 1. The first-order valence-electron chi connectivity index (χ1n) is 7.62. The SMILES string of the molecule is CC(C)NC(=O)c1cc(-c2ccc(Cl)c(Cl)c2)nc2ccccc12. The van der Waals surface area contributed by atoms with Crippen LogP contribution in [-0.4, -0.2) is 16.9 Å². The first kappa shape index (κ1) is 16.7. The van der Waals surface area contributed by atoms with Crippen LogP contribution in [0.4, 0.5) is 0 Å². The van der Waals surface area contributed by atoms with Gasteiger partial charge in [0.1, 0.15) is 0 Å². The summed E-state index contributed by atoms with van der Waals surface area (Å²) in [6.07, 6.45) is 0. The van der Waals surface area contributed by atoms with Crippen molar-refractivity contribution in [1.29, 1.82) is 0 Å². The number of hydrogen-bond acceptors (Lipinski definition) is 2. The number of nitrogens with zero attached hydrogens (tertiary/aromatic N) is 1. The largest absolute Gasteiger partial charge is 0.350 e. The monoisotopic (exact) mass is 358 g/mol. The van der Waals surface area contributed by atoms with Crippen molar-refractivity contribution in [3.8, 4) is 11.3 Å². The lowest BCUT2D eigenvalue weighted by Gasteiger charge is -2.12. The zero-order chi connectivity index (χ0) is 17.3. The molecule has 0 radical (unpaired) electrons. The van der Waals surface area contributed by atoms with Crippen LogP contribution in [0.3, 0.4) is 0 Å². The Kier molecular flexibility index (Phi) is 4.74. The Morgan fingerprint density at radius 1 is 1.04 bits per heavy atom. The van der Waals surface area contributed by atoms with Gasteiger partial charge in [0.2, 0.25) is 0 Å². The highest BCUT2D eigenvalue weighted by Gasteiger charge is 2.15. The number of pyridine rings is 1. The highest BCUT2D eigenvalue weighted by atomic mass is 35.5. The van der Waals surface area contributed by atoms with Gasteiger partial charge in [-0.3, -0.25) is 4.79 Å². The summed E-state index contributed by atoms with van der Waals surface area (Å²) in [4.78, 5) is 17.2. The molecule has 5 heteroatoms. The molecule has 3 rings (SSSR count). The Labute approximate surface area is 150 Å². The minimum Gasteiger partial charge on any atom is -0.350 e. The fourth-order valence-electron chi connectivity index (χ4n) is 2.51. The van der Waals surface area contributed by atoms with Gasteiger partial charge in [-0.1, -0.05) is 47.5 Å². The number of carbonyl (C=O) groups excluding carboxylic acids is 1. The van der Waals surface area contributed by atoms with Crippen molar-refractivity contribution in [2.45, 2.75) is 19.9 Å². The molecule has 0 saturated heterocycles. The minimum absolute atomic E-state index is 0.0536. The summed E-state index contributed by atoms with van der Waals surface area (Å²) in [5.74, 6) is -0.120. The van der Waals surface area contributed by atoms with Gasteiger partial charge in [-0.05, 0) is 38.1 Å². The van der Waals surface area contributed by atoms with Gasteiger partial charge in [0.05, 0.1) is 26.8 Å². The summed E-state index contributed by atoms with van der Waals surface area (Å²) < 4.78 is 0. The lowest BCUT2D eigenvalue weighted by Crippen LogP contribution is -2.30. The van der Waals surface area contributed by atoms with Crippen molar-refractivity contribution < 1.29 is 4.79 Å². The molecule has 1 heterocycles. The van der Waals surface area contributed by atoms with E-state index in [2.05, 4.69) is 10.3 Å². The van der Waals surface area contributed by atoms with E-state index in [0.29, 0.717) is 21.3 Å². The van der Waals surface area contributed by atoms with E-state index in [-0.39, 0.29) is 11.9 Å². The molecule has 3 nitrogen and oxygen atoms in total. The van der Waals surface area contributed by atoms with Crippen LogP contribution in [0.25, 0.3) is 22.2 Å². The second-order valence-electron chi connectivity index (χ2n) is 5.83. The highest BCUT2D eigenvalue weighted by molar-refractivity contribution is 6.42. The average molecular weight is 359 g/mol. The quantitative estimate of drug-likeness (QED) is 0.685. The molecule has 0 aliphatic carbocycles. The fraction of sp³-hybridized carbons (Fsp3) is 0.158. The standard InChI is InChI=1S/C19H16Cl2N2O/c1-11(2)22-19(24)14-10-18(12-7-8-15(20)16(21)9-12)23-17-6-4-3-5-13(14)17/h3-11H,1-2H3,(H,22,24). The first-order chi connectivity index (χ1) is 11.5. The van der Waals surface area contributed by atoms with Gasteiger partial charge in [0.15, 0.2) is 0 Å². The fourth-order valence-corrected chi connectivity index (χ4v) is 2.80. The van der Waals surface area contributed by atoms with Gasteiger partial charge < -0.3 is 5.32 Å². The number of para-hydroxylation sites is 1. The van der Waals surface area contributed by atoms with Crippen LogP contribution in [0.5, 0.6) is 0 Å². The smallest absolute Gasteiger partial charge is 0.252 e. The summed E-state index contributed by atoms with van der Waals surface area (Å²) in [6.45, 7) is 3.86. The van der Waals surface area contributed by atoms with Crippen LogP contribution < -0.4 is 5.32 Å². The minimum atomic E-state index is -0.120. The van der Waals surface area contributed by atoms with Crippen molar-refractivity contribution in [3.05, 3.63) is 64.1 Å². The summed E-state index contributed by atoms with van der Waals surface area (Å²) in [7, 11) is 0. The maximum absolute atomic E-state index is 12.6. The molecule has 0 spiro atoms. The molecule has 2 aromatic carbocycles. The van der Waals surface area contributed by atoms with Crippen LogP contribution in [0.1, 0.15) is 24.2 Å². The van der Waals surface area contributed by atoms with Gasteiger partial charge in [0, 0.05) is 17.0 Å². The van der Waals surface area contributed by atoms with Crippen molar-refractivity contribution in [1.82, 2.24) is 10.3 Å². The predicted molar refractivity (Wildman–Crippen MR) is 99.8 cm³/mol. The van der Waals surface area contributed by atoms with Gasteiger partial charge in [0.25, 0.3) is 5.91 Å². The zero-order valence-corrected chi connectivity index (χ0v) is 14.8. The molecule has 0 aliphatic heterocycles. The van der Waals surface area contributed by atoms with Gasteiger partial charge >= 0.3 is 0 Å². The van der Waals surface area contributed by atoms with E-state index < -0.39 is 0 Å². The van der Waals surface area contributed by atoms with Crippen LogP contribution in [0.2, 0.25) is 10.0 Å². The first-order valence-corrected chi connectivity index (χ1v) is 8.37. The van der Waals surface area contributed by atoms with E-state index in [1.807, 2.05) is 44.2 Å². The van der Waals surface area contributed by atoms with Gasteiger partial charge in [-0.15, -0.1) is 0 Å². The summed E-state index contributed by atoms with van der Waals surface area (Å²) in [5, 5.41) is 4.70. The number of rotatable bonds is 3. The zero-order valence-electron chi connectivity index (χ0n) is 13.3. The number of benzene rings is 2. The Bertz CT molecular complexity index is 922. The van der Waals surface area contributed by atoms with E-state index in [1.54, 1.807) is 18.2 Å². The molecule has 1 amide bonds. The Hall–Kier alpha value is -2.10. The van der Waals surface area contributed by atoms with E-state index in [1.165, 1.54) is 0 Å². The highest BCUT2D eigenvalue weighted by Crippen LogP contribution is 2.30. The van der Waals surface area contributed by atoms with Crippen LogP contribution in [-0.2, 0) is 0 Å². The number of halogens is 2. The van der Waals surface area contributed by atoms with Crippen LogP contribution in [0.15, 0.2) is 48.5 Å². The van der Waals surface area contributed by atoms with Crippen molar-refractivity contribution in [2.24, 2.45) is 0 Å². The summed E-state index contributed by atoms with van der Waals surface area (Å²) >= 11 is 12.1. The molecule has 0 fully saturated rings. The number of hydrogen-bond donors (Lipinski definition) is 1. The molecular weight excluding hydrogens is 343 g/mol. The number of amides is 1. The molecule has 0 atom stereocenters. The molecule has 122 valence electrons. The maximum atomic E-state index is 12.6. The normalized spacial score (nSPS) is 11.0. The third kappa shape index (κ3) is 3.37. The second-order valence-corrected chi connectivity index (χ2v) is 6.64. The Morgan fingerprint density at radius 3 is 2.50 bits per heavy atom. The average Bonchev–Trinajstić information content (AvgIpc) is 2.55. The molecule has 24 heavy (non-hydrogen) atoms. The number of fused-ring (bicyclic) bond motifs is 1.